The SMILES string of the molecule is COc1ccc2oc(C(=O)Nc3ccc(F)c(CNc4cccnc4N)c3)cc2c1. The van der Waals surface area contributed by atoms with Crippen molar-refractivity contribution < 1.29 is 18.3 Å². The molecule has 7 nitrogen and oxygen atoms in total. The van der Waals surface area contributed by atoms with Gasteiger partial charge in [0.15, 0.2) is 5.76 Å². The number of ether oxygens (including phenoxy) is 1. The number of nitrogens with two attached hydrogens (primary N) is 1. The van der Waals surface area contributed by atoms with Gasteiger partial charge >= 0.3 is 0 Å². The van der Waals surface area contributed by atoms with Gasteiger partial charge in [0.1, 0.15) is 23.0 Å². The highest BCUT2D eigenvalue weighted by molar-refractivity contribution is 6.04. The zero-order valence-corrected chi connectivity index (χ0v) is 16.1. The number of rotatable bonds is 6. The van der Waals surface area contributed by atoms with Crippen molar-refractivity contribution in [3.8, 4) is 5.75 Å². The topological polar surface area (TPSA) is 102 Å². The van der Waals surface area contributed by atoms with Crippen molar-refractivity contribution in [1.82, 2.24) is 4.98 Å². The average Bonchev–Trinajstić information content (AvgIpc) is 3.18. The Morgan fingerprint density at radius 3 is 2.87 bits per heavy atom. The van der Waals surface area contributed by atoms with Crippen molar-refractivity contribution in [2.45, 2.75) is 6.54 Å². The van der Waals surface area contributed by atoms with Crippen LogP contribution in [0, 0.1) is 5.82 Å². The van der Waals surface area contributed by atoms with Gasteiger partial charge in [-0.05, 0) is 54.6 Å². The number of methoxy groups -OCH3 is 1. The fourth-order valence-corrected chi connectivity index (χ4v) is 3.00. The van der Waals surface area contributed by atoms with E-state index in [0.717, 1.165) is 5.39 Å². The van der Waals surface area contributed by atoms with Gasteiger partial charge < -0.3 is 25.5 Å². The molecule has 4 rings (SSSR count). The molecule has 8 heteroatoms. The molecule has 0 saturated carbocycles. The van der Waals surface area contributed by atoms with Gasteiger partial charge in [-0.1, -0.05) is 0 Å². The van der Waals surface area contributed by atoms with Crippen molar-refractivity contribution in [3.05, 3.63) is 77.9 Å². The predicted octanol–water partition coefficient (Wildman–Crippen LogP) is 4.42. The number of aromatic nitrogens is 1. The van der Waals surface area contributed by atoms with Crippen LogP contribution >= 0.6 is 0 Å². The number of nitrogens with one attached hydrogen (secondary N) is 2. The molecule has 2 heterocycles. The lowest BCUT2D eigenvalue weighted by molar-refractivity contribution is 0.0998. The molecular weight excluding hydrogens is 387 g/mol. The van der Waals surface area contributed by atoms with E-state index < -0.39 is 11.7 Å². The largest absolute Gasteiger partial charge is 0.497 e. The van der Waals surface area contributed by atoms with Crippen molar-refractivity contribution >= 4 is 34.1 Å². The van der Waals surface area contributed by atoms with E-state index in [1.807, 2.05) is 0 Å². The Balaban J connectivity index is 1.50. The van der Waals surface area contributed by atoms with Crippen LogP contribution in [0.3, 0.4) is 0 Å². The van der Waals surface area contributed by atoms with Crippen LogP contribution in [0.4, 0.5) is 21.6 Å². The number of furan rings is 1. The lowest BCUT2D eigenvalue weighted by Gasteiger charge is -2.11. The molecule has 1 amide bonds. The first-order chi connectivity index (χ1) is 14.5. The highest BCUT2D eigenvalue weighted by atomic mass is 19.1. The molecule has 152 valence electrons. The molecule has 2 aromatic heterocycles. The van der Waals surface area contributed by atoms with Crippen LogP contribution in [0.25, 0.3) is 11.0 Å². The Labute approximate surface area is 171 Å². The van der Waals surface area contributed by atoms with Crippen LogP contribution in [-0.2, 0) is 6.54 Å². The van der Waals surface area contributed by atoms with Crippen molar-refractivity contribution in [2.24, 2.45) is 0 Å². The number of carbonyl (C=O) groups is 1. The first-order valence-electron chi connectivity index (χ1n) is 9.15. The lowest BCUT2D eigenvalue weighted by Crippen LogP contribution is -2.12. The minimum absolute atomic E-state index is 0.144. The summed E-state index contributed by atoms with van der Waals surface area (Å²) in [5.41, 5.74) is 7.77. The highest BCUT2D eigenvalue weighted by Crippen LogP contribution is 2.25. The number of halogens is 1. The molecule has 4 N–H and O–H groups in total. The molecule has 0 aliphatic rings. The zero-order chi connectivity index (χ0) is 21.1. The molecule has 0 atom stereocenters. The Kier molecular flexibility index (Phi) is 5.21. The molecule has 0 bridgehead atoms. The van der Waals surface area contributed by atoms with Gasteiger partial charge in [-0.25, -0.2) is 9.37 Å². The van der Waals surface area contributed by atoms with E-state index in [1.54, 1.807) is 55.8 Å². The van der Waals surface area contributed by atoms with Gasteiger partial charge in [-0.3, -0.25) is 4.79 Å². The molecule has 0 spiro atoms. The third-order valence-corrected chi connectivity index (χ3v) is 4.56. The van der Waals surface area contributed by atoms with Crippen LogP contribution < -0.4 is 21.1 Å². The van der Waals surface area contributed by atoms with Crippen molar-refractivity contribution in [1.29, 1.82) is 0 Å². The van der Waals surface area contributed by atoms with Gasteiger partial charge in [0.25, 0.3) is 5.91 Å². The van der Waals surface area contributed by atoms with Crippen LogP contribution in [0.1, 0.15) is 16.1 Å². The summed E-state index contributed by atoms with van der Waals surface area (Å²) in [7, 11) is 1.57. The summed E-state index contributed by atoms with van der Waals surface area (Å²) in [4.78, 5) is 16.6. The molecule has 0 saturated heterocycles. The number of pyridine rings is 1. The predicted molar refractivity (Wildman–Crippen MR) is 113 cm³/mol. The van der Waals surface area contributed by atoms with Crippen LogP contribution in [-0.4, -0.2) is 18.0 Å². The molecule has 0 radical (unpaired) electrons. The number of amides is 1. The maximum Gasteiger partial charge on any atom is 0.291 e. The number of hydrogen-bond donors (Lipinski definition) is 3. The smallest absolute Gasteiger partial charge is 0.291 e. The van der Waals surface area contributed by atoms with Crippen LogP contribution in [0.5, 0.6) is 5.75 Å². The summed E-state index contributed by atoms with van der Waals surface area (Å²) in [5, 5.41) is 6.52. The Hall–Kier alpha value is -4.07. The second kappa shape index (κ2) is 8.12. The fraction of sp³-hybridized carbons (Fsp3) is 0.0909. The Morgan fingerprint density at radius 1 is 1.20 bits per heavy atom. The molecule has 0 aliphatic heterocycles. The molecule has 30 heavy (non-hydrogen) atoms. The normalized spacial score (nSPS) is 10.7. The number of nitrogens with zero attached hydrogens (tertiary/aromatic N) is 1. The minimum atomic E-state index is -0.438. The van der Waals surface area contributed by atoms with Gasteiger partial charge in [0.05, 0.1) is 12.8 Å². The molecule has 0 aliphatic carbocycles. The summed E-state index contributed by atoms with van der Waals surface area (Å²) >= 11 is 0. The average molecular weight is 406 g/mol. The second-order valence-electron chi connectivity index (χ2n) is 6.56. The number of fused-ring (bicyclic) bond motifs is 1. The second-order valence-corrected chi connectivity index (χ2v) is 6.56. The summed E-state index contributed by atoms with van der Waals surface area (Å²) in [6.45, 7) is 0.176. The summed E-state index contributed by atoms with van der Waals surface area (Å²) in [6.07, 6.45) is 1.57. The summed E-state index contributed by atoms with van der Waals surface area (Å²) in [5.74, 6) is 0.292. The first kappa shape index (κ1) is 19.3. The van der Waals surface area contributed by atoms with E-state index in [4.69, 9.17) is 14.9 Å². The maximum atomic E-state index is 14.2. The van der Waals surface area contributed by atoms with E-state index in [0.29, 0.717) is 34.1 Å². The number of benzene rings is 2. The monoisotopic (exact) mass is 406 g/mol. The standard InChI is InChI=1S/C22H19FN4O3/c1-29-16-5-7-19-13(10-16)11-20(30-19)22(28)27-15-4-6-17(23)14(9-15)12-26-18-3-2-8-25-21(18)24/h2-11,26H,12H2,1H3,(H2,24,25)(H,27,28). The third kappa shape index (κ3) is 4.02. The van der Waals surface area contributed by atoms with Crippen LogP contribution in [0.15, 0.2) is 65.2 Å². The number of carbonyl (C=O) groups excluding carboxylic acids is 1. The third-order valence-electron chi connectivity index (χ3n) is 4.56. The van der Waals surface area contributed by atoms with Gasteiger partial charge in [-0.2, -0.15) is 0 Å². The molecule has 4 aromatic rings. The van der Waals surface area contributed by atoms with E-state index >= 15 is 0 Å². The Bertz CT molecular complexity index is 1220. The zero-order valence-electron chi connectivity index (χ0n) is 16.1. The molecular formula is C22H19FN4O3. The van der Waals surface area contributed by atoms with Gasteiger partial charge in [0.2, 0.25) is 0 Å². The van der Waals surface area contributed by atoms with Crippen LogP contribution in [0.2, 0.25) is 0 Å². The van der Waals surface area contributed by atoms with Crippen molar-refractivity contribution in [3.63, 3.8) is 0 Å². The number of anilines is 3. The first-order valence-corrected chi connectivity index (χ1v) is 9.15. The lowest BCUT2D eigenvalue weighted by atomic mass is 10.1. The minimum Gasteiger partial charge on any atom is -0.497 e. The van der Waals surface area contributed by atoms with Crippen molar-refractivity contribution in [2.75, 3.05) is 23.5 Å². The maximum absolute atomic E-state index is 14.2. The van der Waals surface area contributed by atoms with E-state index in [9.17, 15) is 9.18 Å². The van der Waals surface area contributed by atoms with E-state index in [1.165, 1.54) is 12.1 Å². The molecule has 2 aromatic carbocycles. The fourth-order valence-electron chi connectivity index (χ4n) is 3.00. The summed E-state index contributed by atoms with van der Waals surface area (Å²) in [6, 6.07) is 14.7. The van der Waals surface area contributed by atoms with E-state index in [-0.39, 0.29) is 12.3 Å². The Morgan fingerprint density at radius 2 is 2.07 bits per heavy atom. The van der Waals surface area contributed by atoms with Gasteiger partial charge in [0, 0.05) is 29.4 Å². The number of hydrogen-bond acceptors (Lipinski definition) is 6. The molecule has 0 unspecified atom stereocenters. The summed E-state index contributed by atoms with van der Waals surface area (Å²) < 4.78 is 25.0. The highest BCUT2D eigenvalue weighted by Gasteiger charge is 2.14. The number of nitrogen functional groups attached to an aromatic ring is 1. The quantitative estimate of drug-likeness (QED) is 0.438. The van der Waals surface area contributed by atoms with E-state index in [2.05, 4.69) is 15.6 Å². The molecule has 0 fully saturated rings. The van der Waals surface area contributed by atoms with Gasteiger partial charge in [-0.15, -0.1) is 0 Å².